The van der Waals surface area contributed by atoms with Gasteiger partial charge in [0.15, 0.2) is 0 Å². The molecule has 5 heteroatoms. The maximum atomic E-state index is 5.93. The number of methoxy groups -OCH3 is 1. The normalized spacial score (nSPS) is 11.7. The Kier molecular flexibility index (Phi) is 4.17. The summed E-state index contributed by atoms with van der Waals surface area (Å²) in [5, 5.41) is 4.44. The van der Waals surface area contributed by atoms with Crippen molar-refractivity contribution in [3.05, 3.63) is 42.2 Å². The van der Waals surface area contributed by atoms with E-state index in [9.17, 15) is 0 Å². The number of hydrogen-bond acceptors (Lipinski definition) is 4. The lowest BCUT2D eigenvalue weighted by atomic mass is 10.0. The Morgan fingerprint density at radius 2 is 1.96 bits per heavy atom. The van der Waals surface area contributed by atoms with E-state index in [0.717, 1.165) is 56.2 Å². The van der Waals surface area contributed by atoms with Gasteiger partial charge in [-0.05, 0) is 44.1 Å². The van der Waals surface area contributed by atoms with Crippen molar-refractivity contribution in [3.8, 4) is 11.5 Å². The van der Waals surface area contributed by atoms with Crippen LogP contribution in [0.15, 0.2) is 36.7 Å². The Morgan fingerprint density at radius 1 is 1.12 bits per heavy atom. The highest BCUT2D eigenvalue weighted by atomic mass is 16.5. The average molecular weight is 349 g/mol. The molecule has 0 amide bonds. The molecule has 0 aliphatic carbocycles. The minimum Gasteiger partial charge on any atom is -0.496 e. The summed E-state index contributed by atoms with van der Waals surface area (Å²) in [4.78, 5) is 10.0. The lowest BCUT2D eigenvalue weighted by Crippen LogP contribution is -2.19. The monoisotopic (exact) mass is 349 g/mol. The molecule has 0 saturated carbocycles. The van der Waals surface area contributed by atoms with Crippen molar-refractivity contribution in [1.82, 2.24) is 14.9 Å². The van der Waals surface area contributed by atoms with Gasteiger partial charge in [0.25, 0.3) is 0 Å². The number of aryl methyl sites for hydroxylation is 1. The van der Waals surface area contributed by atoms with Gasteiger partial charge in [0.1, 0.15) is 18.1 Å². The van der Waals surface area contributed by atoms with Gasteiger partial charge in [0, 0.05) is 46.7 Å². The number of nitrogens with one attached hydrogen (secondary N) is 1. The predicted octanol–water partition coefficient (Wildman–Crippen LogP) is 4.13. The fourth-order valence-electron chi connectivity index (χ4n) is 3.43. The van der Waals surface area contributed by atoms with Crippen LogP contribution < -0.4 is 9.47 Å². The summed E-state index contributed by atoms with van der Waals surface area (Å²) >= 11 is 0. The summed E-state index contributed by atoms with van der Waals surface area (Å²) in [6.45, 7) is 3.58. The Balaban J connectivity index is 1.93. The van der Waals surface area contributed by atoms with Crippen LogP contribution in [-0.2, 0) is 0 Å². The third-order valence-electron chi connectivity index (χ3n) is 4.75. The zero-order chi connectivity index (χ0) is 18.3. The molecule has 0 fully saturated rings. The summed E-state index contributed by atoms with van der Waals surface area (Å²) in [5.74, 6) is 1.64. The zero-order valence-electron chi connectivity index (χ0n) is 15.6. The quantitative estimate of drug-likeness (QED) is 0.589. The fraction of sp³-hybridized carbons (Fsp3) is 0.286. The summed E-state index contributed by atoms with van der Waals surface area (Å²) in [5.41, 5.74) is 3.34. The van der Waals surface area contributed by atoms with Gasteiger partial charge in [-0.15, -0.1) is 0 Å². The van der Waals surface area contributed by atoms with Gasteiger partial charge in [-0.1, -0.05) is 6.07 Å². The highest BCUT2D eigenvalue weighted by Crippen LogP contribution is 2.40. The number of fused-ring (bicyclic) bond motifs is 5. The lowest BCUT2D eigenvalue weighted by Gasteiger charge is -2.14. The topological polar surface area (TPSA) is 50.4 Å². The number of aromatic nitrogens is 2. The Bertz CT molecular complexity index is 1100. The SMILES string of the molecule is COc1cc(OCCN(C)C)cc2ccc3[nH]c4c(C)cncc4c3c12. The molecule has 26 heavy (non-hydrogen) atoms. The molecule has 0 saturated heterocycles. The number of aromatic amines is 1. The molecule has 0 atom stereocenters. The molecular formula is C21H23N3O2. The first-order chi connectivity index (χ1) is 12.6. The summed E-state index contributed by atoms with van der Waals surface area (Å²) in [7, 11) is 5.78. The van der Waals surface area contributed by atoms with Crippen molar-refractivity contribution in [2.45, 2.75) is 6.92 Å². The number of likely N-dealkylation sites (N-methyl/N-ethyl adjacent to an activating group) is 1. The molecule has 4 aromatic rings. The summed E-state index contributed by atoms with van der Waals surface area (Å²) in [6.07, 6.45) is 3.80. The molecule has 0 unspecified atom stereocenters. The molecule has 4 rings (SSSR count). The fourth-order valence-corrected chi connectivity index (χ4v) is 3.43. The third-order valence-corrected chi connectivity index (χ3v) is 4.75. The van der Waals surface area contributed by atoms with Crippen LogP contribution in [0, 0.1) is 6.92 Å². The van der Waals surface area contributed by atoms with Crippen molar-refractivity contribution < 1.29 is 9.47 Å². The molecule has 134 valence electrons. The van der Waals surface area contributed by atoms with Crippen molar-refractivity contribution in [2.75, 3.05) is 34.4 Å². The molecular weight excluding hydrogens is 326 g/mol. The van der Waals surface area contributed by atoms with E-state index in [1.807, 2.05) is 32.6 Å². The van der Waals surface area contributed by atoms with Crippen LogP contribution >= 0.6 is 0 Å². The van der Waals surface area contributed by atoms with Crippen LogP contribution in [0.25, 0.3) is 32.6 Å². The number of rotatable bonds is 5. The van der Waals surface area contributed by atoms with Crippen molar-refractivity contribution in [3.63, 3.8) is 0 Å². The number of ether oxygens (including phenoxy) is 2. The van der Waals surface area contributed by atoms with Gasteiger partial charge in [0.05, 0.1) is 12.6 Å². The van der Waals surface area contributed by atoms with E-state index in [1.165, 1.54) is 0 Å². The van der Waals surface area contributed by atoms with Crippen LogP contribution in [0.3, 0.4) is 0 Å². The van der Waals surface area contributed by atoms with E-state index in [2.05, 4.69) is 40.0 Å². The van der Waals surface area contributed by atoms with Gasteiger partial charge in [0.2, 0.25) is 0 Å². The Morgan fingerprint density at radius 3 is 2.73 bits per heavy atom. The van der Waals surface area contributed by atoms with Crippen LogP contribution in [-0.4, -0.2) is 49.2 Å². The second kappa shape index (κ2) is 6.50. The van der Waals surface area contributed by atoms with E-state index >= 15 is 0 Å². The van der Waals surface area contributed by atoms with E-state index in [-0.39, 0.29) is 0 Å². The second-order valence-electron chi connectivity index (χ2n) is 6.87. The second-order valence-corrected chi connectivity index (χ2v) is 6.87. The molecule has 2 heterocycles. The molecule has 5 nitrogen and oxygen atoms in total. The molecule has 0 spiro atoms. The van der Waals surface area contributed by atoms with Crippen LogP contribution in [0.4, 0.5) is 0 Å². The van der Waals surface area contributed by atoms with E-state index in [0.29, 0.717) is 6.61 Å². The largest absolute Gasteiger partial charge is 0.496 e. The summed E-state index contributed by atoms with van der Waals surface area (Å²) < 4.78 is 11.7. The Hall–Kier alpha value is -2.79. The van der Waals surface area contributed by atoms with Crippen LogP contribution in [0.1, 0.15) is 5.56 Å². The number of H-pyrrole nitrogens is 1. The maximum absolute atomic E-state index is 5.93. The first kappa shape index (κ1) is 16.7. The average Bonchev–Trinajstić information content (AvgIpc) is 3.01. The standard InChI is InChI=1S/C21H23N3O2/c1-13-11-22-12-16-20-17(23-21(13)16)6-5-14-9-15(26-8-7-24(2)3)10-18(25-4)19(14)20/h5-6,9-12,23H,7-8H2,1-4H3. The minimum absolute atomic E-state index is 0.639. The number of hydrogen-bond donors (Lipinski definition) is 1. The number of pyridine rings is 1. The van der Waals surface area contributed by atoms with Crippen molar-refractivity contribution in [1.29, 1.82) is 0 Å². The zero-order valence-corrected chi connectivity index (χ0v) is 15.6. The van der Waals surface area contributed by atoms with Crippen LogP contribution in [0.5, 0.6) is 11.5 Å². The minimum atomic E-state index is 0.639. The highest BCUT2D eigenvalue weighted by molar-refractivity contribution is 6.22. The van der Waals surface area contributed by atoms with Gasteiger partial charge in [-0.3, -0.25) is 4.98 Å². The third kappa shape index (κ3) is 2.74. The first-order valence-corrected chi connectivity index (χ1v) is 8.72. The maximum Gasteiger partial charge on any atom is 0.131 e. The van der Waals surface area contributed by atoms with Crippen molar-refractivity contribution in [2.24, 2.45) is 0 Å². The van der Waals surface area contributed by atoms with Gasteiger partial charge < -0.3 is 19.4 Å². The van der Waals surface area contributed by atoms with Gasteiger partial charge in [-0.25, -0.2) is 0 Å². The summed E-state index contributed by atoms with van der Waals surface area (Å²) in [6, 6.07) is 8.27. The molecule has 2 aromatic heterocycles. The lowest BCUT2D eigenvalue weighted by molar-refractivity contribution is 0.260. The molecule has 0 aliphatic heterocycles. The predicted molar refractivity (Wildman–Crippen MR) is 106 cm³/mol. The first-order valence-electron chi connectivity index (χ1n) is 8.72. The van der Waals surface area contributed by atoms with Gasteiger partial charge >= 0.3 is 0 Å². The molecule has 2 aromatic carbocycles. The molecule has 0 aliphatic rings. The van der Waals surface area contributed by atoms with E-state index < -0.39 is 0 Å². The number of benzene rings is 2. The van der Waals surface area contributed by atoms with Gasteiger partial charge in [-0.2, -0.15) is 0 Å². The Labute approximate surface area is 152 Å². The highest BCUT2D eigenvalue weighted by Gasteiger charge is 2.15. The smallest absolute Gasteiger partial charge is 0.131 e. The number of nitrogens with zero attached hydrogens (tertiary/aromatic N) is 2. The van der Waals surface area contributed by atoms with E-state index in [1.54, 1.807) is 7.11 Å². The molecule has 0 radical (unpaired) electrons. The molecule has 1 N–H and O–H groups in total. The van der Waals surface area contributed by atoms with Crippen molar-refractivity contribution >= 4 is 32.6 Å². The molecule has 0 bridgehead atoms. The van der Waals surface area contributed by atoms with E-state index in [4.69, 9.17) is 9.47 Å². The van der Waals surface area contributed by atoms with Crippen LogP contribution in [0.2, 0.25) is 0 Å².